The SMILES string of the molecule is Cc1ccccc1OCC1CCCN(C(=O)COc2ccccc2)C1. The van der Waals surface area contributed by atoms with Crippen LogP contribution in [0.2, 0.25) is 0 Å². The number of rotatable bonds is 6. The number of carbonyl (C=O) groups is 1. The van der Waals surface area contributed by atoms with Gasteiger partial charge in [0.2, 0.25) is 0 Å². The minimum Gasteiger partial charge on any atom is -0.493 e. The van der Waals surface area contributed by atoms with Crippen molar-refractivity contribution in [2.75, 3.05) is 26.3 Å². The van der Waals surface area contributed by atoms with E-state index in [9.17, 15) is 4.79 Å². The molecule has 0 bridgehead atoms. The van der Waals surface area contributed by atoms with E-state index in [1.54, 1.807) is 0 Å². The van der Waals surface area contributed by atoms with Crippen molar-refractivity contribution in [1.29, 1.82) is 0 Å². The summed E-state index contributed by atoms with van der Waals surface area (Å²) < 4.78 is 11.5. The van der Waals surface area contributed by atoms with Crippen LogP contribution in [0.25, 0.3) is 0 Å². The molecule has 1 fully saturated rings. The highest BCUT2D eigenvalue weighted by Crippen LogP contribution is 2.21. The first-order chi connectivity index (χ1) is 12.2. The maximum absolute atomic E-state index is 12.4. The lowest BCUT2D eigenvalue weighted by atomic mass is 9.99. The third kappa shape index (κ3) is 4.99. The van der Waals surface area contributed by atoms with Gasteiger partial charge in [-0.1, -0.05) is 36.4 Å². The molecule has 1 atom stereocenters. The number of ether oxygens (including phenoxy) is 2. The van der Waals surface area contributed by atoms with Crippen molar-refractivity contribution in [2.24, 2.45) is 5.92 Å². The van der Waals surface area contributed by atoms with E-state index in [2.05, 4.69) is 0 Å². The second kappa shape index (κ2) is 8.56. The minimum atomic E-state index is 0.0458. The zero-order valence-electron chi connectivity index (χ0n) is 14.7. The van der Waals surface area contributed by atoms with Crippen molar-refractivity contribution >= 4 is 5.91 Å². The first-order valence-corrected chi connectivity index (χ1v) is 8.86. The molecule has 25 heavy (non-hydrogen) atoms. The van der Waals surface area contributed by atoms with Gasteiger partial charge in [0.05, 0.1) is 6.61 Å². The third-order valence-electron chi connectivity index (χ3n) is 4.55. The average molecular weight is 339 g/mol. The first kappa shape index (κ1) is 17.3. The lowest BCUT2D eigenvalue weighted by molar-refractivity contribution is -0.135. The highest BCUT2D eigenvalue weighted by molar-refractivity contribution is 5.77. The van der Waals surface area contributed by atoms with Crippen LogP contribution in [-0.2, 0) is 4.79 Å². The van der Waals surface area contributed by atoms with Crippen molar-refractivity contribution in [1.82, 2.24) is 4.90 Å². The molecule has 1 unspecified atom stereocenters. The van der Waals surface area contributed by atoms with E-state index in [0.717, 1.165) is 43.0 Å². The van der Waals surface area contributed by atoms with E-state index in [4.69, 9.17) is 9.47 Å². The Balaban J connectivity index is 1.47. The molecular weight excluding hydrogens is 314 g/mol. The summed E-state index contributed by atoms with van der Waals surface area (Å²) in [5.41, 5.74) is 1.14. The van der Waals surface area contributed by atoms with Gasteiger partial charge in [0.25, 0.3) is 5.91 Å². The molecule has 4 heteroatoms. The van der Waals surface area contributed by atoms with Crippen LogP contribution in [0.4, 0.5) is 0 Å². The number of piperidine rings is 1. The van der Waals surface area contributed by atoms with Gasteiger partial charge in [0, 0.05) is 19.0 Å². The quantitative estimate of drug-likeness (QED) is 0.806. The molecule has 1 amide bonds. The number of hydrogen-bond donors (Lipinski definition) is 0. The smallest absolute Gasteiger partial charge is 0.260 e. The number of aryl methyl sites for hydroxylation is 1. The summed E-state index contributed by atoms with van der Waals surface area (Å²) in [6.45, 7) is 4.33. The van der Waals surface area contributed by atoms with E-state index >= 15 is 0 Å². The van der Waals surface area contributed by atoms with Crippen LogP contribution >= 0.6 is 0 Å². The first-order valence-electron chi connectivity index (χ1n) is 8.86. The molecule has 2 aromatic rings. The maximum Gasteiger partial charge on any atom is 0.260 e. The Hall–Kier alpha value is -2.49. The second-order valence-electron chi connectivity index (χ2n) is 6.53. The van der Waals surface area contributed by atoms with Crippen molar-refractivity contribution in [2.45, 2.75) is 19.8 Å². The molecule has 0 spiro atoms. The topological polar surface area (TPSA) is 38.8 Å². The van der Waals surface area contributed by atoms with Gasteiger partial charge in [0.15, 0.2) is 6.61 Å². The zero-order chi connectivity index (χ0) is 17.5. The van der Waals surface area contributed by atoms with Gasteiger partial charge >= 0.3 is 0 Å². The molecule has 132 valence electrons. The molecule has 1 saturated heterocycles. The molecule has 0 N–H and O–H groups in total. The fraction of sp³-hybridized carbons (Fsp3) is 0.381. The van der Waals surface area contributed by atoms with Gasteiger partial charge in [-0.15, -0.1) is 0 Å². The number of benzene rings is 2. The highest BCUT2D eigenvalue weighted by atomic mass is 16.5. The number of amides is 1. The van der Waals surface area contributed by atoms with Gasteiger partial charge in [-0.2, -0.15) is 0 Å². The fourth-order valence-electron chi connectivity index (χ4n) is 3.11. The summed E-state index contributed by atoms with van der Waals surface area (Å²) in [5.74, 6) is 2.07. The molecule has 1 aliphatic heterocycles. The lowest BCUT2D eigenvalue weighted by Crippen LogP contribution is -2.43. The van der Waals surface area contributed by atoms with Crippen LogP contribution < -0.4 is 9.47 Å². The minimum absolute atomic E-state index is 0.0458. The average Bonchev–Trinajstić information content (AvgIpc) is 2.66. The van der Waals surface area contributed by atoms with Gasteiger partial charge in [-0.25, -0.2) is 0 Å². The predicted octanol–water partition coefficient (Wildman–Crippen LogP) is 3.69. The summed E-state index contributed by atoms with van der Waals surface area (Å²) in [6.07, 6.45) is 2.11. The van der Waals surface area contributed by atoms with Gasteiger partial charge in [0.1, 0.15) is 11.5 Å². The Morgan fingerprint density at radius 1 is 1.08 bits per heavy atom. The molecule has 0 aliphatic carbocycles. The van der Waals surface area contributed by atoms with Crippen LogP contribution in [0.5, 0.6) is 11.5 Å². The number of nitrogens with zero attached hydrogens (tertiary/aromatic N) is 1. The molecule has 0 radical (unpaired) electrons. The van der Waals surface area contributed by atoms with Crippen molar-refractivity contribution in [3.8, 4) is 11.5 Å². The lowest BCUT2D eigenvalue weighted by Gasteiger charge is -2.32. The molecule has 0 saturated carbocycles. The summed E-state index contributed by atoms with van der Waals surface area (Å²) in [5, 5.41) is 0. The van der Waals surface area contributed by atoms with E-state index in [1.807, 2.05) is 66.4 Å². The van der Waals surface area contributed by atoms with Crippen molar-refractivity contribution in [3.05, 3.63) is 60.2 Å². The summed E-state index contributed by atoms with van der Waals surface area (Å²) >= 11 is 0. The Morgan fingerprint density at radius 3 is 2.64 bits per heavy atom. The highest BCUT2D eigenvalue weighted by Gasteiger charge is 2.24. The third-order valence-corrected chi connectivity index (χ3v) is 4.55. The van der Waals surface area contributed by atoms with Crippen LogP contribution in [0.3, 0.4) is 0 Å². The van der Waals surface area contributed by atoms with Crippen molar-refractivity contribution in [3.63, 3.8) is 0 Å². The Kier molecular flexibility index (Phi) is 5.94. The van der Waals surface area contributed by atoms with Crippen LogP contribution in [-0.4, -0.2) is 37.1 Å². The van der Waals surface area contributed by atoms with Gasteiger partial charge < -0.3 is 14.4 Å². The van der Waals surface area contributed by atoms with Gasteiger partial charge in [-0.05, 0) is 43.5 Å². The molecule has 1 aliphatic rings. The summed E-state index contributed by atoms with van der Waals surface area (Å²) in [4.78, 5) is 14.3. The van der Waals surface area contributed by atoms with Crippen LogP contribution in [0, 0.1) is 12.8 Å². The molecule has 2 aromatic carbocycles. The van der Waals surface area contributed by atoms with Crippen LogP contribution in [0.1, 0.15) is 18.4 Å². The number of likely N-dealkylation sites (tertiary alicyclic amines) is 1. The Bertz CT molecular complexity index is 687. The molecule has 0 aromatic heterocycles. The Labute approximate surface area is 149 Å². The number of hydrogen-bond acceptors (Lipinski definition) is 3. The maximum atomic E-state index is 12.4. The number of carbonyl (C=O) groups excluding carboxylic acids is 1. The predicted molar refractivity (Wildman–Crippen MR) is 97.9 cm³/mol. The zero-order valence-corrected chi connectivity index (χ0v) is 14.7. The van der Waals surface area contributed by atoms with E-state index in [1.165, 1.54) is 0 Å². The molecule has 4 nitrogen and oxygen atoms in total. The molecular formula is C21H25NO3. The fourth-order valence-corrected chi connectivity index (χ4v) is 3.11. The summed E-state index contributed by atoms with van der Waals surface area (Å²) in [6, 6.07) is 17.5. The summed E-state index contributed by atoms with van der Waals surface area (Å²) in [7, 11) is 0. The van der Waals surface area contributed by atoms with Crippen LogP contribution in [0.15, 0.2) is 54.6 Å². The van der Waals surface area contributed by atoms with E-state index in [-0.39, 0.29) is 12.5 Å². The van der Waals surface area contributed by atoms with Crippen molar-refractivity contribution < 1.29 is 14.3 Å². The molecule has 3 rings (SSSR count). The normalized spacial score (nSPS) is 17.2. The monoisotopic (exact) mass is 339 g/mol. The number of para-hydroxylation sites is 2. The molecule has 1 heterocycles. The Morgan fingerprint density at radius 2 is 1.84 bits per heavy atom. The van der Waals surface area contributed by atoms with E-state index in [0.29, 0.717) is 12.5 Å². The largest absolute Gasteiger partial charge is 0.493 e. The standard InChI is InChI=1S/C21H25NO3/c1-17-8-5-6-12-20(17)25-15-18-9-7-13-22(14-18)21(23)16-24-19-10-3-2-4-11-19/h2-6,8,10-12,18H,7,9,13-16H2,1H3. The van der Waals surface area contributed by atoms with E-state index < -0.39 is 0 Å². The second-order valence-corrected chi connectivity index (χ2v) is 6.53. The van der Waals surface area contributed by atoms with Gasteiger partial charge in [-0.3, -0.25) is 4.79 Å².